The molecular weight excluding hydrogens is 385 g/mol. The van der Waals surface area contributed by atoms with Gasteiger partial charge >= 0.3 is 5.97 Å². The second kappa shape index (κ2) is 8.67. The molecule has 0 radical (unpaired) electrons. The van der Waals surface area contributed by atoms with Gasteiger partial charge in [-0.15, -0.1) is 0 Å². The summed E-state index contributed by atoms with van der Waals surface area (Å²) in [6.45, 7) is 1.89. The predicted octanol–water partition coefficient (Wildman–Crippen LogP) is 3.97. The maximum Gasteiger partial charge on any atom is 0.307 e. The SMILES string of the molecule is CCOC(=O)CC(NS(=O)(=O)c1ccc(Cl)cc1)c1ccccc1Cl. The van der Waals surface area contributed by atoms with Crippen LogP contribution in [-0.2, 0) is 19.6 Å². The summed E-state index contributed by atoms with van der Waals surface area (Å²) in [4.78, 5) is 11.9. The summed E-state index contributed by atoms with van der Waals surface area (Å²) in [5, 5.41) is 0.781. The van der Waals surface area contributed by atoms with Crippen molar-refractivity contribution in [1.29, 1.82) is 0 Å². The Morgan fingerprint density at radius 1 is 1.12 bits per heavy atom. The second-order valence-electron chi connectivity index (χ2n) is 5.16. The van der Waals surface area contributed by atoms with Gasteiger partial charge in [0, 0.05) is 10.0 Å². The van der Waals surface area contributed by atoms with Gasteiger partial charge in [-0.05, 0) is 42.8 Å². The summed E-state index contributed by atoms with van der Waals surface area (Å²) < 4.78 is 32.7. The van der Waals surface area contributed by atoms with Crippen LogP contribution in [0.2, 0.25) is 10.0 Å². The van der Waals surface area contributed by atoms with Gasteiger partial charge in [0.25, 0.3) is 0 Å². The van der Waals surface area contributed by atoms with Crippen molar-refractivity contribution in [3.05, 3.63) is 64.1 Å². The third-order valence-electron chi connectivity index (χ3n) is 3.38. The van der Waals surface area contributed by atoms with E-state index in [-0.39, 0.29) is 17.9 Å². The number of carbonyl (C=O) groups is 1. The summed E-state index contributed by atoms with van der Waals surface area (Å²) in [6.07, 6.45) is -0.176. The van der Waals surface area contributed by atoms with E-state index in [0.29, 0.717) is 15.6 Å². The monoisotopic (exact) mass is 401 g/mol. The van der Waals surface area contributed by atoms with Crippen molar-refractivity contribution in [2.75, 3.05) is 6.61 Å². The first-order valence-electron chi connectivity index (χ1n) is 7.51. The molecule has 1 N–H and O–H groups in total. The number of rotatable bonds is 7. The number of nitrogens with one attached hydrogen (secondary N) is 1. The van der Waals surface area contributed by atoms with Gasteiger partial charge in [0.15, 0.2) is 0 Å². The molecule has 2 rings (SSSR count). The fourth-order valence-corrected chi connectivity index (χ4v) is 3.84. The van der Waals surface area contributed by atoms with Crippen LogP contribution in [0.1, 0.15) is 24.9 Å². The molecule has 0 heterocycles. The van der Waals surface area contributed by atoms with Gasteiger partial charge in [0.1, 0.15) is 0 Å². The molecule has 0 spiro atoms. The first-order chi connectivity index (χ1) is 11.8. The van der Waals surface area contributed by atoms with Crippen molar-refractivity contribution in [1.82, 2.24) is 4.72 Å². The number of carbonyl (C=O) groups excluding carboxylic acids is 1. The predicted molar refractivity (Wildman–Crippen MR) is 97.2 cm³/mol. The smallest absolute Gasteiger partial charge is 0.307 e. The summed E-state index contributed by atoms with van der Waals surface area (Å²) in [5.74, 6) is -0.522. The molecule has 0 saturated carbocycles. The molecule has 2 aromatic rings. The molecule has 0 aromatic heterocycles. The fourth-order valence-electron chi connectivity index (χ4n) is 2.23. The second-order valence-corrected chi connectivity index (χ2v) is 7.72. The number of hydrogen-bond donors (Lipinski definition) is 1. The lowest BCUT2D eigenvalue weighted by Gasteiger charge is -2.19. The van der Waals surface area contributed by atoms with Crippen LogP contribution in [0.4, 0.5) is 0 Å². The normalized spacial score (nSPS) is 12.6. The summed E-state index contributed by atoms with van der Waals surface area (Å²) >= 11 is 12.0. The van der Waals surface area contributed by atoms with Crippen LogP contribution in [0.25, 0.3) is 0 Å². The zero-order valence-corrected chi connectivity index (χ0v) is 15.7. The molecule has 0 bridgehead atoms. The number of benzene rings is 2. The maximum absolute atomic E-state index is 12.6. The van der Waals surface area contributed by atoms with Crippen molar-refractivity contribution in [3.8, 4) is 0 Å². The first-order valence-corrected chi connectivity index (χ1v) is 9.75. The van der Waals surface area contributed by atoms with E-state index >= 15 is 0 Å². The molecule has 0 aliphatic heterocycles. The molecule has 0 aliphatic rings. The largest absolute Gasteiger partial charge is 0.466 e. The van der Waals surface area contributed by atoms with Crippen molar-refractivity contribution >= 4 is 39.2 Å². The number of hydrogen-bond acceptors (Lipinski definition) is 4. The average Bonchev–Trinajstić information content (AvgIpc) is 2.55. The Kier molecular flexibility index (Phi) is 6.84. The van der Waals surface area contributed by atoms with Crippen LogP contribution < -0.4 is 4.72 Å². The van der Waals surface area contributed by atoms with E-state index in [1.807, 2.05) is 0 Å². The molecule has 0 saturated heterocycles. The van der Waals surface area contributed by atoms with Gasteiger partial charge < -0.3 is 4.74 Å². The maximum atomic E-state index is 12.6. The Bertz CT molecular complexity index is 838. The van der Waals surface area contributed by atoms with Crippen molar-refractivity contribution in [3.63, 3.8) is 0 Å². The van der Waals surface area contributed by atoms with Crippen molar-refractivity contribution in [2.45, 2.75) is 24.3 Å². The average molecular weight is 402 g/mol. The Labute approximate surface area is 157 Å². The zero-order valence-electron chi connectivity index (χ0n) is 13.4. The van der Waals surface area contributed by atoms with Crippen LogP contribution in [-0.4, -0.2) is 21.0 Å². The standard InChI is InChI=1S/C17H17Cl2NO4S/c1-2-24-17(21)11-16(14-5-3-4-6-15(14)19)20-25(22,23)13-9-7-12(18)8-10-13/h3-10,16,20H,2,11H2,1H3. The van der Waals surface area contributed by atoms with E-state index in [9.17, 15) is 13.2 Å². The van der Waals surface area contributed by atoms with Crippen molar-refractivity contribution in [2.24, 2.45) is 0 Å². The summed E-state index contributed by atoms with van der Waals surface area (Å²) in [5.41, 5.74) is 0.495. The lowest BCUT2D eigenvalue weighted by Crippen LogP contribution is -2.31. The molecule has 0 fully saturated rings. The molecule has 1 atom stereocenters. The van der Waals surface area contributed by atoms with Gasteiger partial charge in [-0.3, -0.25) is 4.79 Å². The summed E-state index contributed by atoms with van der Waals surface area (Å²) in [6, 6.07) is 11.6. The Hall–Kier alpha value is -1.60. The minimum absolute atomic E-state index is 0.0396. The van der Waals surface area contributed by atoms with Gasteiger partial charge in [0.05, 0.1) is 24.0 Å². The summed E-state index contributed by atoms with van der Waals surface area (Å²) in [7, 11) is -3.88. The van der Waals surface area contributed by atoms with E-state index in [1.165, 1.54) is 24.3 Å². The van der Waals surface area contributed by atoms with E-state index < -0.39 is 22.0 Å². The highest BCUT2D eigenvalue weighted by atomic mass is 35.5. The molecule has 0 aliphatic carbocycles. The van der Waals surface area contributed by atoms with Crippen LogP contribution >= 0.6 is 23.2 Å². The van der Waals surface area contributed by atoms with Gasteiger partial charge in [0.2, 0.25) is 10.0 Å². The molecule has 0 amide bonds. The van der Waals surface area contributed by atoms with Crippen molar-refractivity contribution < 1.29 is 17.9 Å². The highest BCUT2D eigenvalue weighted by Gasteiger charge is 2.25. The number of sulfonamides is 1. The number of esters is 1. The Morgan fingerprint density at radius 3 is 2.36 bits per heavy atom. The first kappa shape index (κ1) is 19.7. The third kappa shape index (κ3) is 5.44. The van der Waals surface area contributed by atoms with E-state index in [1.54, 1.807) is 31.2 Å². The lowest BCUT2D eigenvalue weighted by atomic mass is 10.1. The lowest BCUT2D eigenvalue weighted by molar-refractivity contribution is -0.143. The molecule has 25 heavy (non-hydrogen) atoms. The van der Waals surface area contributed by atoms with E-state index in [2.05, 4.69) is 4.72 Å². The van der Waals surface area contributed by atoms with E-state index in [0.717, 1.165) is 0 Å². The van der Waals surface area contributed by atoms with Crippen LogP contribution in [0, 0.1) is 0 Å². The molecule has 1 unspecified atom stereocenters. The van der Waals surface area contributed by atoms with Crippen LogP contribution in [0.3, 0.4) is 0 Å². The highest BCUT2D eigenvalue weighted by molar-refractivity contribution is 7.89. The van der Waals surface area contributed by atoms with Gasteiger partial charge in [-0.1, -0.05) is 41.4 Å². The van der Waals surface area contributed by atoms with Crippen LogP contribution in [0.5, 0.6) is 0 Å². The fraction of sp³-hybridized carbons (Fsp3) is 0.235. The third-order valence-corrected chi connectivity index (χ3v) is 5.46. The molecule has 2 aromatic carbocycles. The quantitative estimate of drug-likeness (QED) is 0.712. The number of halogens is 2. The number of ether oxygens (including phenoxy) is 1. The topological polar surface area (TPSA) is 72.5 Å². The van der Waals surface area contributed by atoms with E-state index in [4.69, 9.17) is 27.9 Å². The molecule has 8 heteroatoms. The molecule has 134 valence electrons. The van der Waals surface area contributed by atoms with Gasteiger partial charge in [-0.2, -0.15) is 0 Å². The van der Waals surface area contributed by atoms with Gasteiger partial charge in [-0.25, -0.2) is 13.1 Å². The minimum Gasteiger partial charge on any atom is -0.466 e. The minimum atomic E-state index is -3.88. The Balaban J connectivity index is 2.33. The molecule has 5 nitrogen and oxygen atoms in total. The van der Waals surface area contributed by atoms with Crippen LogP contribution in [0.15, 0.2) is 53.4 Å². The Morgan fingerprint density at radius 2 is 1.76 bits per heavy atom. The zero-order chi connectivity index (χ0) is 18.4. The highest BCUT2D eigenvalue weighted by Crippen LogP contribution is 2.27. The molecular formula is C17H17Cl2NO4S.